The molecule has 2 aromatic carbocycles. The van der Waals surface area contributed by atoms with E-state index < -0.39 is 6.04 Å². The number of ether oxygens (including phenoxy) is 4. The van der Waals surface area contributed by atoms with E-state index in [0.717, 1.165) is 0 Å². The van der Waals surface area contributed by atoms with E-state index in [1.807, 2.05) is 13.8 Å². The number of amides is 3. The summed E-state index contributed by atoms with van der Waals surface area (Å²) in [4.78, 5) is 41.2. The molecule has 2 aromatic rings. The highest BCUT2D eigenvalue weighted by molar-refractivity contribution is 5.98. The number of carbonyl (C=O) groups is 3. The minimum Gasteiger partial charge on any atom is -0.454 e. The quantitative estimate of drug-likeness (QED) is 0.590. The van der Waals surface area contributed by atoms with Crippen LogP contribution in [0.5, 0.6) is 23.0 Å². The molecule has 2 N–H and O–H groups in total. The van der Waals surface area contributed by atoms with Crippen molar-refractivity contribution >= 4 is 17.7 Å². The molecule has 1 saturated heterocycles. The average molecular weight is 510 g/mol. The van der Waals surface area contributed by atoms with Crippen molar-refractivity contribution < 1.29 is 33.3 Å². The molecule has 0 radical (unpaired) electrons. The maximum absolute atomic E-state index is 13.2. The lowest BCUT2D eigenvalue weighted by molar-refractivity contribution is -0.124. The number of carbonyl (C=O) groups excluding carboxylic acids is 3. The highest BCUT2D eigenvalue weighted by Crippen LogP contribution is 2.34. The molecule has 3 heterocycles. The van der Waals surface area contributed by atoms with Gasteiger partial charge in [-0.15, -0.1) is 0 Å². The number of fused-ring (bicyclic) bond motifs is 2. The molecule has 0 bridgehead atoms. The van der Waals surface area contributed by atoms with Crippen LogP contribution in [0.15, 0.2) is 36.4 Å². The van der Waals surface area contributed by atoms with Crippen molar-refractivity contribution in [2.24, 2.45) is 11.8 Å². The normalized spacial score (nSPS) is 17.0. The maximum Gasteiger partial charge on any atom is 0.253 e. The smallest absolute Gasteiger partial charge is 0.253 e. The molecule has 0 spiro atoms. The summed E-state index contributed by atoms with van der Waals surface area (Å²) in [7, 11) is 0. The molecule has 37 heavy (non-hydrogen) atoms. The van der Waals surface area contributed by atoms with Crippen LogP contribution < -0.4 is 29.6 Å². The molecule has 3 aliphatic heterocycles. The Morgan fingerprint density at radius 1 is 0.865 bits per heavy atom. The van der Waals surface area contributed by atoms with E-state index in [9.17, 15) is 14.4 Å². The summed E-state index contributed by atoms with van der Waals surface area (Å²) < 4.78 is 21.4. The summed E-state index contributed by atoms with van der Waals surface area (Å²) in [6, 6.07) is 9.40. The first kappa shape index (κ1) is 24.7. The fourth-order valence-electron chi connectivity index (χ4n) is 4.72. The van der Waals surface area contributed by atoms with Crippen molar-refractivity contribution in [3.63, 3.8) is 0 Å². The predicted molar refractivity (Wildman–Crippen MR) is 133 cm³/mol. The van der Waals surface area contributed by atoms with Crippen LogP contribution in [0.3, 0.4) is 0 Å². The van der Waals surface area contributed by atoms with Crippen LogP contribution in [-0.4, -0.2) is 61.9 Å². The Balaban J connectivity index is 1.25. The number of rotatable bonds is 7. The van der Waals surface area contributed by atoms with Gasteiger partial charge in [-0.25, -0.2) is 0 Å². The topological polar surface area (TPSA) is 115 Å². The molecule has 1 unspecified atom stereocenters. The maximum atomic E-state index is 13.2. The van der Waals surface area contributed by atoms with Crippen LogP contribution in [0, 0.1) is 11.8 Å². The molecule has 3 aliphatic rings. The fraction of sp³-hybridized carbons (Fsp3) is 0.444. The van der Waals surface area contributed by atoms with Gasteiger partial charge in [0, 0.05) is 30.8 Å². The second-order valence-corrected chi connectivity index (χ2v) is 9.86. The lowest BCUT2D eigenvalue weighted by atomic mass is 9.88. The van der Waals surface area contributed by atoms with Gasteiger partial charge in [-0.1, -0.05) is 13.8 Å². The van der Waals surface area contributed by atoms with Crippen molar-refractivity contribution in [3.05, 3.63) is 47.5 Å². The third-order valence-electron chi connectivity index (χ3n) is 6.81. The first-order chi connectivity index (χ1) is 17.9. The van der Waals surface area contributed by atoms with E-state index >= 15 is 0 Å². The van der Waals surface area contributed by atoms with Gasteiger partial charge in [-0.3, -0.25) is 14.4 Å². The van der Waals surface area contributed by atoms with Gasteiger partial charge in [0.15, 0.2) is 23.0 Å². The van der Waals surface area contributed by atoms with Gasteiger partial charge in [-0.05, 0) is 61.1 Å². The monoisotopic (exact) mass is 509 g/mol. The molecule has 1 fully saturated rings. The Kier molecular flexibility index (Phi) is 7.07. The van der Waals surface area contributed by atoms with E-state index in [1.165, 1.54) is 0 Å². The predicted octanol–water partition coefficient (Wildman–Crippen LogP) is 2.57. The van der Waals surface area contributed by atoms with E-state index in [4.69, 9.17) is 18.9 Å². The van der Waals surface area contributed by atoms with E-state index in [0.29, 0.717) is 66.6 Å². The summed E-state index contributed by atoms with van der Waals surface area (Å²) in [6.45, 7) is 5.76. The summed E-state index contributed by atoms with van der Waals surface area (Å²) in [5.74, 6) is 1.76. The lowest BCUT2D eigenvalue weighted by Gasteiger charge is -2.36. The van der Waals surface area contributed by atoms with E-state index in [-0.39, 0.29) is 43.1 Å². The first-order valence-electron chi connectivity index (χ1n) is 12.6. The fourth-order valence-corrected chi connectivity index (χ4v) is 4.72. The summed E-state index contributed by atoms with van der Waals surface area (Å²) in [5, 5.41) is 5.90. The van der Waals surface area contributed by atoms with Gasteiger partial charge in [0.2, 0.25) is 19.5 Å². The average Bonchev–Trinajstić information content (AvgIpc) is 3.58. The zero-order chi connectivity index (χ0) is 25.9. The number of nitrogens with zero attached hydrogens (tertiary/aromatic N) is 1. The van der Waals surface area contributed by atoms with Gasteiger partial charge in [-0.2, -0.15) is 0 Å². The van der Waals surface area contributed by atoms with Crippen molar-refractivity contribution in [1.82, 2.24) is 15.5 Å². The largest absolute Gasteiger partial charge is 0.454 e. The molecule has 1 atom stereocenters. The van der Waals surface area contributed by atoms with Gasteiger partial charge in [0.05, 0.1) is 0 Å². The highest BCUT2D eigenvalue weighted by Gasteiger charge is 2.34. The Morgan fingerprint density at radius 2 is 1.43 bits per heavy atom. The third kappa shape index (κ3) is 5.42. The summed E-state index contributed by atoms with van der Waals surface area (Å²) >= 11 is 0. The zero-order valence-electron chi connectivity index (χ0n) is 21.0. The van der Waals surface area contributed by atoms with Crippen molar-refractivity contribution in [3.8, 4) is 23.0 Å². The number of likely N-dealkylation sites (tertiary alicyclic amines) is 1. The van der Waals surface area contributed by atoms with Crippen LogP contribution in [0.25, 0.3) is 0 Å². The summed E-state index contributed by atoms with van der Waals surface area (Å²) in [5.41, 5.74) is 0.923. The molecule has 196 valence electrons. The number of piperidine rings is 1. The van der Waals surface area contributed by atoms with Gasteiger partial charge in [0.25, 0.3) is 11.8 Å². The van der Waals surface area contributed by atoms with E-state index in [1.54, 1.807) is 41.3 Å². The molecule has 10 nitrogen and oxygen atoms in total. The van der Waals surface area contributed by atoms with Gasteiger partial charge >= 0.3 is 0 Å². The van der Waals surface area contributed by atoms with Crippen LogP contribution in [0.4, 0.5) is 0 Å². The second-order valence-electron chi connectivity index (χ2n) is 9.86. The Hall–Kier alpha value is -3.95. The van der Waals surface area contributed by atoms with Crippen LogP contribution in [0.2, 0.25) is 0 Å². The van der Waals surface area contributed by atoms with Crippen LogP contribution >= 0.6 is 0 Å². The molecule has 0 aliphatic carbocycles. The standard InChI is InChI=1S/C27H31N3O7/c1-16(2)13-28-26(32)24(29-25(31)18-3-5-20-22(11-18)36-14-34-20)17-7-9-30(10-8-17)27(33)19-4-6-21-23(12-19)37-15-35-21/h3-6,11-12,16-17,24H,7-10,13-15H2,1-2H3,(H,28,32)(H,29,31). The Labute approximate surface area is 215 Å². The van der Waals surface area contributed by atoms with Crippen molar-refractivity contribution in [1.29, 1.82) is 0 Å². The minimum atomic E-state index is -0.723. The zero-order valence-corrected chi connectivity index (χ0v) is 21.0. The van der Waals surface area contributed by atoms with Crippen LogP contribution in [0.1, 0.15) is 47.4 Å². The molecule has 0 aromatic heterocycles. The second kappa shape index (κ2) is 10.6. The molecule has 0 saturated carbocycles. The molecule has 10 heteroatoms. The molecular weight excluding hydrogens is 478 g/mol. The number of nitrogens with one attached hydrogen (secondary N) is 2. The van der Waals surface area contributed by atoms with E-state index in [2.05, 4.69) is 10.6 Å². The van der Waals surface area contributed by atoms with Gasteiger partial charge in [0.1, 0.15) is 6.04 Å². The SMILES string of the molecule is CC(C)CNC(=O)C(NC(=O)c1ccc2c(c1)OCO2)C1CCN(C(=O)c2ccc3c(c2)OCO3)CC1. The Bertz CT molecular complexity index is 1190. The lowest BCUT2D eigenvalue weighted by Crippen LogP contribution is -2.54. The number of hydrogen-bond donors (Lipinski definition) is 2. The van der Waals surface area contributed by atoms with Crippen LogP contribution in [-0.2, 0) is 4.79 Å². The molecule has 3 amide bonds. The van der Waals surface area contributed by atoms with Gasteiger partial charge < -0.3 is 34.5 Å². The van der Waals surface area contributed by atoms with Crippen molar-refractivity contribution in [2.75, 3.05) is 33.2 Å². The number of benzene rings is 2. The van der Waals surface area contributed by atoms with Crippen molar-refractivity contribution in [2.45, 2.75) is 32.7 Å². The summed E-state index contributed by atoms with van der Waals surface area (Å²) in [6.07, 6.45) is 1.16. The molecular formula is C27H31N3O7. The Morgan fingerprint density at radius 3 is 2.05 bits per heavy atom. The first-order valence-corrected chi connectivity index (χ1v) is 12.6. The minimum absolute atomic E-state index is 0.0954. The number of hydrogen-bond acceptors (Lipinski definition) is 7. The third-order valence-corrected chi connectivity index (χ3v) is 6.81. The molecule has 5 rings (SSSR count). The highest BCUT2D eigenvalue weighted by atomic mass is 16.7.